The molecule has 1 heterocycles. The van der Waals surface area contributed by atoms with Crippen LogP contribution in [0.2, 0.25) is 0 Å². The van der Waals surface area contributed by atoms with Crippen molar-refractivity contribution in [3.05, 3.63) is 41.5 Å². The number of benzene rings is 1. The molecule has 0 saturated heterocycles. The van der Waals surface area contributed by atoms with E-state index in [0.29, 0.717) is 5.69 Å². The molecule has 2 aromatic rings. The molecule has 1 aromatic heterocycles. The van der Waals surface area contributed by atoms with Crippen LogP contribution in [0, 0.1) is 0 Å². The van der Waals surface area contributed by atoms with Crippen molar-refractivity contribution in [2.45, 2.75) is 0 Å². The number of nitrogens with two attached hydrogens (primary N) is 1. The van der Waals surface area contributed by atoms with Crippen LogP contribution in [-0.4, -0.2) is 21.2 Å². The van der Waals surface area contributed by atoms with Gasteiger partial charge in [-0.25, -0.2) is 4.79 Å². The molecular weight excluding hydrogens is 222 g/mol. The molecular formula is C11H9N3O3. The largest absolute Gasteiger partial charge is 0.475 e. The second-order valence-electron chi connectivity index (χ2n) is 3.26. The molecule has 0 aliphatic carbocycles. The highest BCUT2D eigenvalue weighted by Gasteiger charge is 2.10. The molecule has 17 heavy (non-hydrogen) atoms. The Bertz CT molecular complexity index is 575. The standard InChI is InChI=1S/C11H9N3O3/c12-8-3-1-2-7(6-8)4-5-9-13-10(11(15)16)14-17-9/h1-6H,12H2,(H,15,16)/b5-4+. The minimum absolute atomic E-state index is 0.129. The van der Waals surface area contributed by atoms with Gasteiger partial charge in [0.2, 0.25) is 0 Å². The van der Waals surface area contributed by atoms with Gasteiger partial charge in [-0.15, -0.1) is 0 Å². The lowest BCUT2D eigenvalue weighted by molar-refractivity contribution is 0.0680. The van der Waals surface area contributed by atoms with Crippen molar-refractivity contribution in [1.29, 1.82) is 0 Å². The Morgan fingerprint density at radius 3 is 2.88 bits per heavy atom. The molecule has 0 aliphatic heterocycles. The number of carboxylic acids is 1. The lowest BCUT2D eigenvalue weighted by atomic mass is 10.2. The van der Waals surface area contributed by atoms with Gasteiger partial charge in [-0.1, -0.05) is 12.1 Å². The summed E-state index contributed by atoms with van der Waals surface area (Å²) in [4.78, 5) is 14.2. The van der Waals surface area contributed by atoms with Crippen molar-refractivity contribution in [1.82, 2.24) is 10.1 Å². The molecule has 6 heteroatoms. The monoisotopic (exact) mass is 231 g/mol. The van der Waals surface area contributed by atoms with Gasteiger partial charge in [0, 0.05) is 11.8 Å². The van der Waals surface area contributed by atoms with Crippen LogP contribution in [0.25, 0.3) is 12.2 Å². The zero-order chi connectivity index (χ0) is 12.3. The molecule has 0 saturated carbocycles. The first kappa shape index (κ1) is 10.9. The average Bonchev–Trinajstić information content (AvgIpc) is 2.75. The fraction of sp³-hybridized carbons (Fsp3) is 0. The zero-order valence-corrected chi connectivity index (χ0v) is 8.70. The van der Waals surface area contributed by atoms with Crippen LogP contribution < -0.4 is 5.73 Å². The Morgan fingerprint density at radius 2 is 2.24 bits per heavy atom. The van der Waals surface area contributed by atoms with Crippen molar-refractivity contribution in [3.8, 4) is 0 Å². The number of anilines is 1. The Kier molecular flexibility index (Phi) is 2.87. The summed E-state index contributed by atoms with van der Waals surface area (Å²) in [5.74, 6) is -1.46. The average molecular weight is 231 g/mol. The van der Waals surface area contributed by atoms with Gasteiger partial charge in [0.1, 0.15) is 0 Å². The summed E-state index contributed by atoms with van der Waals surface area (Å²) in [6.45, 7) is 0. The third kappa shape index (κ3) is 2.69. The van der Waals surface area contributed by atoms with Gasteiger partial charge in [-0.3, -0.25) is 0 Å². The van der Waals surface area contributed by atoms with Crippen LogP contribution >= 0.6 is 0 Å². The summed E-state index contributed by atoms with van der Waals surface area (Å²) < 4.78 is 4.72. The van der Waals surface area contributed by atoms with E-state index >= 15 is 0 Å². The third-order valence-electron chi connectivity index (χ3n) is 1.96. The fourth-order valence-corrected chi connectivity index (χ4v) is 1.22. The van der Waals surface area contributed by atoms with Crippen LogP contribution in [-0.2, 0) is 0 Å². The van der Waals surface area contributed by atoms with E-state index in [-0.39, 0.29) is 11.7 Å². The van der Waals surface area contributed by atoms with Crippen molar-refractivity contribution in [2.24, 2.45) is 0 Å². The molecule has 3 N–H and O–H groups in total. The molecule has 0 fully saturated rings. The number of aromatic carboxylic acids is 1. The first-order chi connectivity index (χ1) is 8.15. The van der Waals surface area contributed by atoms with Crippen LogP contribution in [0.4, 0.5) is 5.69 Å². The third-order valence-corrected chi connectivity index (χ3v) is 1.96. The summed E-state index contributed by atoms with van der Waals surface area (Å²) in [7, 11) is 0. The van der Waals surface area contributed by atoms with Gasteiger partial charge in [0.25, 0.3) is 11.7 Å². The lowest BCUT2D eigenvalue weighted by Crippen LogP contribution is -1.98. The molecule has 0 aliphatic rings. The Balaban J connectivity index is 2.17. The van der Waals surface area contributed by atoms with Gasteiger partial charge < -0.3 is 15.4 Å². The minimum atomic E-state index is -1.22. The zero-order valence-electron chi connectivity index (χ0n) is 8.70. The number of nitrogen functional groups attached to an aromatic ring is 1. The van der Waals surface area contributed by atoms with Gasteiger partial charge >= 0.3 is 5.97 Å². The maximum atomic E-state index is 10.5. The molecule has 0 bridgehead atoms. The summed E-state index contributed by atoms with van der Waals surface area (Å²) in [5.41, 5.74) is 7.11. The molecule has 86 valence electrons. The van der Waals surface area contributed by atoms with Crippen molar-refractivity contribution < 1.29 is 14.4 Å². The number of nitrogens with zero attached hydrogens (tertiary/aromatic N) is 2. The van der Waals surface area contributed by atoms with E-state index < -0.39 is 5.97 Å². The number of aromatic nitrogens is 2. The molecule has 0 unspecified atom stereocenters. The first-order valence-electron chi connectivity index (χ1n) is 4.76. The Morgan fingerprint density at radius 1 is 1.41 bits per heavy atom. The smallest absolute Gasteiger partial charge is 0.377 e. The predicted octanol–water partition coefficient (Wildman–Crippen LogP) is 1.52. The van der Waals surface area contributed by atoms with Gasteiger partial charge in [0.15, 0.2) is 0 Å². The summed E-state index contributed by atoms with van der Waals surface area (Å²) in [5, 5.41) is 11.9. The number of rotatable bonds is 3. The molecule has 2 rings (SSSR count). The predicted molar refractivity (Wildman–Crippen MR) is 61.0 cm³/mol. The van der Waals surface area contributed by atoms with Crippen molar-refractivity contribution >= 4 is 23.8 Å². The first-order valence-corrected chi connectivity index (χ1v) is 4.76. The summed E-state index contributed by atoms with van der Waals surface area (Å²) >= 11 is 0. The Labute approximate surface area is 96.4 Å². The highest BCUT2D eigenvalue weighted by atomic mass is 16.5. The van der Waals surface area contributed by atoms with E-state index in [1.165, 1.54) is 6.08 Å². The second-order valence-corrected chi connectivity index (χ2v) is 3.26. The minimum Gasteiger partial charge on any atom is -0.475 e. The van der Waals surface area contributed by atoms with Crippen LogP contribution in [0.3, 0.4) is 0 Å². The van der Waals surface area contributed by atoms with Crippen LogP contribution in [0.1, 0.15) is 22.1 Å². The quantitative estimate of drug-likeness (QED) is 0.776. The molecule has 1 aromatic carbocycles. The number of hydrogen-bond donors (Lipinski definition) is 2. The van der Waals surface area contributed by atoms with E-state index in [9.17, 15) is 4.79 Å². The maximum absolute atomic E-state index is 10.5. The maximum Gasteiger partial charge on any atom is 0.377 e. The molecule has 0 amide bonds. The van der Waals surface area contributed by atoms with Crippen molar-refractivity contribution in [2.75, 3.05) is 5.73 Å². The number of carboxylic acid groups (broad SMARTS) is 1. The van der Waals surface area contributed by atoms with Crippen LogP contribution in [0.5, 0.6) is 0 Å². The van der Waals surface area contributed by atoms with E-state index in [0.717, 1.165) is 5.56 Å². The normalized spacial score (nSPS) is 10.8. The Hall–Kier alpha value is -2.63. The highest BCUT2D eigenvalue weighted by Crippen LogP contribution is 2.10. The highest BCUT2D eigenvalue weighted by molar-refractivity contribution is 5.83. The summed E-state index contributed by atoms with van der Waals surface area (Å²) in [6.07, 6.45) is 3.23. The second kappa shape index (κ2) is 4.48. The van der Waals surface area contributed by atoms with Gasteiger partial charge in [-0.2, -0.15) is 4.98 Å². The van der Waals surface area contributed by atoms with Crippen LogP contribution in [0.15, 0.2) is 28.8 Å². The molecule has 0 spiro atoms. The van der Waals surface area contributed by atoms with E-state index in [1.54, 1.807) is 18.2 Å². The van der Waals surface area contributed by atoms with Crippen molar-refractivity contribution in [3.63, 3.8) is 0 Å². The van der Waals surface area contributed by atoms with Gasteiger partial charge in [-0.05, 0) is 28.9 Å². The lowest BCUT2D eigenvalue weighted by Gasteiger charge is -1.93. The fourth-order valence-electron chi connectivity index (χ4n) is 1.22. The SMILES string of the molecule is Nc1cccc(/C=C/c2nc(C(=O)O)no2)c1. The summed E-state index contributed by atoms with van der Waals surface area (Å²) in [6, 6.07) is 7.20. The van der Waals surface area contributed by atoms with E-state index in [1.807, 2.05) is 12.1 Å². The van der Waals surface area contributed by atoms with E-state index in [2.05, 4.69) is 10.1 Å². The number of hydrogen-bond acceptors (Lipinski definition) is 5. The van der Waals surface area contributed by atoms with Gasteiger partial charge in [0.05, 0.1) is 0 Å². The van der Waals surface area contributed by atoms with E-state index in [4.69, 9.17) is 15.4 Å². The number of carbonyl (C=O) groups is 1. The topological polar surface area (TPSA) is 102 Å². The molecule has 6 nitrogen and oxygen atoms in total. The molecule has 0 atom stereocenters. The molecule has 0 radical (unpaired) electrons.